The highest BCUT2D eigenvalue weighted by Gasteiger charge is 2.37. The van der Waals surface area contributed by atoms with Crippen LogP contribution in [0.15, 0.2) is 24.3 Å². The lowest BCUT2D eigenvalue weighted by atomic mass is 9.75. The van der Waals surface area contributed by atoms with E-state index in [4.69, 9.17) is 4.74 Å². The van der Waals surface area contributed by atoms with Crippen molar-refractivity contribution in [3.8, 4) is 0 Å². The molecule has 0 atom stereocenters. The van der Waals surface area contributed by atoms with Gasteiger partial charge in [-0.3, -0.25) is 4.79 Å². The molecular weight excluding hydrogens is 384 g/mol. The Balaban J connectivity index is 1.69. The molecule has 0 aromatic heterocycles. The first-order chi connectivity index (χ1) is 15.1. The van der Waals surface area contributed by atoms with E-state index in [0.29, 0.717) is 32.3 Å². The Kier molecular flexibility index (Phi) is 12.3. The molecule has 3 nitrogen and oxygen atoms in total. The second-order valence-corrected chi connectivity index (χ2v) is 9.60. The molecule has 0 radical (unpaired) electrons. The first-order valence-corrected chi connectivity index (χ1v) is 13.1. The normalized spacial score (nSPS) is 21.2. The van der Waals surface area contributed by atoms with Crippen LogP contribution < -0.4 is 0 Å². The van der Waals surface area contributed by atoms with Gasteiger partial charge < -0.3 is 9.84 Å². The predicted octanol–water partition coefficient (Wildman–Crippen LogP) is 7.48. The fourth-order valence-electron chi connectivity index (χ4n) is 4.71. The molecule has 31 heavy (non-hydrogen) atoms. The van der Waals surface area contributed by atoms with Crippen molar-refractivity contribution in [1.29, 1.82) is 0 Å². The summed E-state index contributed by atoms with van der Waals surface area (Å²) in [5, 5.41) is 11.2. The number of aliphatic hydroxyl groups is 1. The van der Waals surface area contributed by atoms with Gasteiger partial charge in [-0.15, -0.1) is 0 Å². The maximum atomic E-state index is 12.4. The molecule has 0 aliphatic heterocycles. The summed E-state index contributed by atoms with van der Waals surface area (Å²) in [6.45, 7) is 5.00. The van der Waals surface area contributed by atoms with Crippen LogP contribution in [0.25, 0.3) is 0 Å². The molecule has 176 valence electrons. The number of carbonyl (C=O) groups is 1. The van der Waals surface area contributed by atoms with E-state index < -0.39 is 5.60 Å². The summed E-state index contributed by atoms with van der Waals surface area (Å²) >= 11 is 0. The van der Waals surface area contributed by atoms with E-state index in [0.717, 1.165) is 24.8 Å². The molecule has 1 aliphatic rings. The van der Waals surface area contributed by atoms with Crippen molar-refractivity contribution < 1.29 is 14.6 Å². The lowest BCUT2D eigenvalue weighted by molar-refractivity contribution is -0.152. The highest BCUT2D eigenvalue weighted by Crippen LogP contribution is 2.40. The number of benzene rings is 1. The Bertz CT molecular complexity index is 599. The minimum absolute atomic E-state index is 0.0529. The second-order valence-electron chi connectivity index (χ2n) is 9.60. The Morgan fingerprint density at radius 1 is 0.871 bits per heavy atom. The summed E-state index contributed by atoms with van der Waals surface area (Å²) in [5.74, 6) is -0.116. The number of carbonyl (C=O) groups excluding carboxylic acids is 1. The zero-order valence-corrected chi connectivity index (χ0v) is 20.2. The van der Waals surface area contributed by atoms with Crippen molar-refractivity contribution in [1.82, 2.24) is 0 Å². The molecule has 1 aromatic carbocycles. The first kappa shape index (κ1) is 25.9. The molecule has 0 heterocycles. The van der Waals surface area contributed by atoms with E-state index >= 15 is 0 Å². The lowest BCUT2D eigenvalue weighted by Crippen LogP contribution is -2.34. The van der Waals surface area contributed by atoms with Crippen molar-refractivity contribution >= 4 is 5.97 Å². The highest BCUT2D eigenvalue weighted by atomic mass is 16.5. The van der Waals surface area contributed by atoms with Gasteiger partial charge in [0.25, 0.3) is 0 Å². The average Bonchev–Trinajstić information content (AvgIpc) is 2.79. The molecule has 0 amide bonds. The average molecular weight is 431 g/mol. The Morgan fingerprint density at radius 3 is 2.03 bits per heavy atom. The SMILES string of the molecule is CCCCCCCCc1ccc(C2(O)CCC(C(=O)OCCCCCCC)CC2)cc1. The van der Waals surface area contributed by atoms with Gasteiger partial charge in [-0.2, -0.15) is 0 Å². The number of aryl methyl sites for hydroxylation is 1. The third-order valence-corrected chi connectivity index (χ3v) is 6.95. The van der Waals surface area contributed by atoms with Gasteiger partial charge in [0.15, 0.2) is 0 Å². The maximum absolute atomic E-state index is 12.4. The summed E-state index contributed by atoms with van der Waals surface area (Å²) in [5.41, 5.74) is 1.57. The predicted molar refractivity (Wildman–Crippen MR) is 129 cm³/mol. The van der Waals surface area contributed by atoms with Crippen LogP contribution in [0.4, 0.5) is 0 Å². The summed E-state index contributed by atoms with van der Waals surface area (Å²) in [6.07, 6.45) is 17.5. The van der Waals surface area contributed by atoms with Crippen molar-refractivity contribution in [2.45, 2.75) is 122 Å². The number of hydrogen-bond donors (Lipinski definition) is 1. The van der Waals surface area contributed by atoms with E-state index in [9.17, 15) is 9.90 Å². The molecule has 0 unspecified atom stereocenters. The van der Waals surface area contributed by atoms with Gasteiger partial charge in [0.2, 0.25) is 0 Å². The van der Waals surface area contributed by atoms with Gasteiger partial charge in [0, 0.05) is 0 Å². The summed E-state index contributed by atoms with van der Waals surface area (Å²) in [6, 6.07) is 8.55. The fraction of sp³-hybridized carbons (Fsp3) is 0.750. The van der Waals surface area contributed by atoms with E-state index in [1.54, 1.807) is 0 Å². The van der Waals surface area contributed by atoms with Crippen LogP contribution in [0.1, 0.15) is 121 Å². The van der Waals surface area contributed by atoms with Crippen molar-refractivity contribution in [3.63, 3.8) is 0 Å². The molecule has 3 heteroatoms. The Labute approximate surface area is 191 Å². The topological polar surface area (TPSA) is 46.5 Å². The third-order valence-electron chi connectivity index (χ3n) is 6.95. The quantitative estimate of drug-likeness (QED) is 0.232. The fourth-order valence-corrected chi connectivity index (χ4v) is 4.71. The summed E-state index contributed by atoms with van der Waals surface area (Å²) in [7, 11) is 0. The van der Waals surface area contributed by atoms with Gasteiger partial charge in [0.1, 0.15) is 0 Å². The van der Waals surface area contributed by atoms with Crippen molar-refractivity contribution in [3.05, 3.63) is 35.4 Å². The van der Waals surface area contributed by atoms with Crippen LogP contribution in [0.2, 0.25) is 0 Å². The van der Waals surface area contributed by atoms with Crippen LogP contribution in [-0.2, 0) is 21.6 Å². The molecule has 0 bridgehead atoms. The van der Waals surface area contributed by atoms with Crippen LogP contribution in [0.5, 0.6) is 0 Å². The smallest absolute Gasteiger partial charge is 0.308 e. The molecular formula is C28H46O3. The van der Waals surface area contributed by atoms with Crippen LogP contribution in [-0.4, -0.2) is 17.7 Å². The summed E-state index contributed by atoms with van der Waals surface area (Å²) in [4.78, 5) is 12.4. The van der Waals surface area contributed by atoms with Gasteiger partial charge in [0.05, 0.1) is 18.1 Å². The molecule has 1 aliphatic carbocycles. The van der Waals surface area contributed by atoms with Gasteiger partial charge in [-0.1, -0.05) is 95.9 Å². The summed E-state index contributed by atoms with van der Waals surface area (Å²) < 4.78 is 5.50. The van der Waals surface area contributed by atoms with Gasteiger partial charge in [-0.05, 0) is 56.1 Å². The van der Waals surface area contributed by atoms with E-state index in [-0.39, 0.29) is 11.9 Å². The largest absolute Gasteiger partial charge is 0.465 e. The number of ether oxygens (including phenoxy) is 1. The maximum Gasteiger partial charge on any atom is 0.308 e. The molecule has 0 saturated heterocycles. The first-order valence-electron chi connectivity index (χ1n) is 13.1. The third kappa shape index (κ3) is 9.35. The van der Waals surface area contributed by atoms with E-state index in [2.05, 4.69) is 38.1 Å². The van der Waals surface area contributed by atoms with Crippen LogP contribution in [0.3, 0.4) is 0 Å². The molecule has 1 fully saturated rings. The molecule has 1 saturated carbocycles. The zero-order valence-electron chi connectivity index (χ0n) is 20.2. The Hall–Kier alpha value is -1.35. The number of rotatable bonds is 15. The van der Waals surface area contributed by atoms with E-state index in [1.165, 1.54) is 63.4 Å². The molecule has 0 spiro atoms. The van der Waals surface area contributed by atoms with E-state index in [1.807, 2.05) is 0 Å². The minimum Gasteiger partial charge on any atom is -0.465 e. The number of unbranched alkanes of at least 4 members (excludes halogenated alkanes) is 9. The zero-order chi connectivity index (χ0) is 22.4. The molecule has 1 N–H and O–H groups in total. The minimum atomic E-state index is -0.796. The Morgan fingerprint density at radius 2 is 1.42 bits per heavy atom. The van der Waals surface area contributed by atoms with Crippen LogP contribution in [0, 0.1) is 5.92 Å². The highest BCUT2D eigenvalue weighted by molar-refractivity contribution is 5.72. The number of hydrogen-bond acceptors (Lipinski definition) is 3. The lowest BCUT2D eigenvalue weighted by Gasteiger charge is -2.35. The van der Waals surface area contributed by atoms with Gasteiger partial charge >= 0.3 is 5.97 Å². The molecule has 1 aromatic rings. The van der Waals surface area contributed by atoms with Crippen LogP contribution >= 0.6 is 0 Å². The second kappa shape index (κ2) is 14.7. The monoisotopic (exact) mass is 430 g/mol. The van der Waals surface area contributed by atoms with Crippen molar-refractivity contribution in [2.24, 2.45) is 5.92 Å². The molecule has 2 rings (SSSR count). The van der Waals surface area contributed by atoms with Gasteiger partial charge in [-0.25, -0.2) is 0 Å². The van der Waals surface area contributed by atoms with Crippen molar-refractivity contribution in [2.75, 3.05) is 6.61 Å². The number of esters is 1. The standard InChI is InChI=1S/C28H46O3/c1-3-5-7-9-10-12-14-24-15-17-26(18-16-24)28(30)21-19-25(20-22-28)27(29)31-23-13-11-8-6-4-2/h15-18,25,30H,3-14,19-23H2,1-2H3.